The molecule has 42 heavy (non-hydrogen) atoms. The summed E-state index contributed by atoms with van der Waals surface area (Å²) in [6.07, 6.45) is 8.33. The van der Waals surface area contributed by atoms with Gasteiger partial charge in [0.25, 0.3) is 0 Å². The number of nitrogens with zero attached hydrogens (tertiary/aromatic N) is 3. The van der Waals surface area contributed by atoms with E-state index in [9.17, 15) is 14.4 Å². The Morgan fingerprint density at radius 1 is 0.833 bits per heavy atom. The highest BCUT2D eigenvalue weighted by Crippen LogP contribution is 2.27. The van der Waals surface area contributed by atoms with E-state index in [4.69, 9.17) is 5.11 Å². The van der Waals surface area contributed by atoms with Gasteiger partial charge in [0.2, 0.25) is 5.91 Å². The second-order valence-corrected chi connectivity index (χ2v) is 10.8. The van der Waals surface area contributed by atoms with Gasteiger partial charge in [-0.1, -0.05) is 43.2 Å². The Labute approximate surface area is 244 Å². The summed E-state index contributed by atoms with van der Waals surface area (Å²) >= 11 is 0. The molecule has 6 rings (SSSR count). The van der Waals surface area contributed by atoms with Gasteiger partial charge >= 0.3 is 5.97 Å². The van der Waals surface area contributed by atoms with E-state index < -0.39 is 5.97 Å². The van der Waals surface area contributed by atoms with Gasteiger partial charge in [0.05, 0.1) is 30.6 Å². The molecule has 216 valence electrons. The summed E-state index contributed by atoms with van der Waals surface area (Å²) in [6.45, 7) is 0.909. The summed E-state index contributed by atoms with van der Waals surface area (Å²) in [4.78, 5) is 48.6. The van der Waals surface area contributed by atoms with Crippen molar-refractivity contribution < 1.29 is 19.5 Å². The van der Waals surface area contributed by atoms with Crippen molar-refractivity contribution in [1.82, 2.24) is 20.3 Å². The van der Waals surface area contributed by atoms with Crippen molar-refractivity contribution >= 4 is 34.4 Å². The van der Waals surface area contributed by atoms with Crippen molar-refractivity contribution in [2.75, 3.05) is 11.9 Å². The van der Waals surface area contributed by atoms with Crippen LogP contribution >= 0.6 is 0 Å². The Morgan fingerprint density at radius 3 is 2.29 bits per heavy atom. The fraction of sp³-hybridized carbons (Fsp3) is 0.333. The van der Waals surface area contributed by atoms with Gasteiger partial charge < -0.3 is 15.7 Å². The average molecular weight is 566 g/mol. The number of hydrogen-bond donors (Lipinski definition) is 3. The quantitative estimate of drug-likeness (QED) is 0.272. The van der Waals surface area contributed by atoms with Crippen LogP contribution in [0.25, 0.3) is 22.4 Å². The molecule has 1 amide bonds. The lowest BCUT2D eigenvalue weighted by Gasteiger charge is -2.11. The third kappa shape index (κ3) is 7.82. The highest BCUT2D eigenvalue weighted by atomic mass is 16.4. The predicted molar refractivity (Wildman–Crippen MR) is 161 cm³/mol. The number of pyridine rings is 1. The average Bonchev–Trinajstić information content (AvgIpc) is 3.74. The number of carbonyl (C=O) groups excluding carboxylic acids is 2. The number of benzene rings is 2. The van der Waals surface area contributed by atoms with Crippen LogP contribution in [0.4, 0.5) is 5.69 Å². The number of ketones is 1. The van der Waals surface area contributed by atoms with E-state index in [0.717, 1.165) is 73.1 Å². The van der Waals surface area contributed by atoms with Gasteiger partial charge in [0, 0.05) is 22.9 Å². The third-order valence-electron chi connectivity index (χ3n) is 7.63. The van der Waals surface area contributed by atoms with Crippen LogP contribution in [0.1, 0.15) is 49.8 Å². The molecule has 2 aliphatic rings. The molecule has 2 aromatic heterocycles. The molecule has 3 N–H and O–H groups in total. The molecular formula is C33H35N5O4. The number of anilines is 1. The maximum Gasteiger partial charge on any atom is 0.307 e. The number of rotatable bonds is 8. The highest BCUT2D eigenvalue weighted by molar-refractivity contribution is 5.93. The molecule has 4 aromatic rings. The van der Waals surface area contributed by atoms with Crippen LogP contribution in [0.5, 0.6) is 0 Å². The maximum absolute atomic E-state index is 12.4. The van der Waals surface area contributed by atoms with Crippen molar-refractivity contribution in [3.8, 4) is 11.4 Å². The number of fused-ring (bicyclic) bond motifs is 1. The van der Waals surface area contributed by atoms with Crippen LogP contribution in [0.2, 0.25) is 0 Å². The minimum atomic E-state index is -0.786. The van der Waals surface area contributed by atoms with E-state index in [2.05, 4.69) is 25.6 Å². The van der Waals surface area contributed by atoms with Gasteiger partial charge in [-0.05, 0) is 74.2 Å². The number of carboxylic acids is 1. The first-order chi connectivity index (χ1) is 20.4. The topological polar surface area (TPSA) is 134 Å². The Hall–Kier alpha value is -4.50. The Kier molecular flexibility index (Phi) is 9.61. The van der Waals surface area contributed by atoms with Gasteiger partial charge in [-0.15, -0.1) is 0 Å². The van der Waals surface area contributed by atoms with Gasteiger partial charge in [-0.25, -0.2) is 15.0 Å². The normalized spacial score (nSPS) is 16.5. The summed E-state index contributed by atoms with van der Waals surface area (Å²) in [7, 11) is 0. The first kappa shape index (κ1) is 29.0. The van der Waals surface area contributed by atoms with Crippen LogP contribution in [-0.4, -0.2) is 50.3 Å². The van der Waals surface area contributed by atoms with Crippen LogP contribution in [-0.2, 0) is 27.2 Å². The summed E-state index contributed by atoms with van der Waals surface area (Å²) in [5.41, 5.74) is 4.67. The van der Waals surface area contributed by atoms with E-state index in [-0.39, 0.29) is 30.1 Å². The van der Waals surface area contributed by atoms with E-state index in [1.807, 2.05) is 54.6 Å². The van der Waals surface area contributed by atoms with Gasteiger partial charge in [-0.2, -0.15) is 0 Å². The fourth-order valence-electron chi connectivity index (χ4n) is 5.37. The molecule has 9 nitrogen and oxygen atoms in total. The fourth-order valence-corrected chi connectivity index (χ4v) is 5.37. The molecule has 1 atom stereocenters. The maximum atomic E-state index is 12.4. The van der Waals surface area contributed by atoms with Crippen molar-refractivity contribution in [3.63, 3.8) is 0 Å². The molecule has 0 spiro atoms. The minimum absolute atomic E-state index is 0.0444. The van der Waals surface area contributed by atoms with Crippen molar-refractivity contribution in [1.29, 1.82) is 0 Å². The van der Waals surface area contributed by atoms with E-state index in [1.165, 1.54) is 0 Å². The molecule has 2 aromatic carbocycles. The smallest absolute Gasteiger partial charge is 0.307 e. The Morgan fingerprint density at radius 2 is 1.60 bits per heavy atom. The van der Waals surface area contributed by atoms with Crippen molar-refractivity contribution in [2.24, 2.45) is 5.92 Å². The minimum Gasteiger partial charge on any atom is -0.481 e. The van der Waals surface area contributed by atoms with Crippen LogP contribution < -0.4 is 10.6 Å². The van der Waals surface area contributed by atoms with Crippen LogP contribution in [0.3, 0.4) is 0 Å². The standard InChI is InChI=1S/C25H27N5O2.C8H8O2/c31-23(21-6-3-13-26-21)14-19-11-12-20-22(28-19)15-27-24(30-20)16-7-9-18(10-8-16)29-25(32)17-4-1-2-5-17;9-8(10)6-7-4-2-1-3-5-7/h7-12,15,17,21,26H,1-6,13-14H2,(H,29,32);1-5H,6H2,(H,9,10)/t21-;/m0./s1. The number of Topliss-reactive ketones (excluding diaryl/α,β-unsaturated/α-hetero) is 1. The number of aromatic nitrogens is 3. The molecule has 1 aliphatic carbocycles. The molecule has 1 saturated heterocycles. The SMILES string of the molecule is O=C(Nc1ccc(-c2ncc3nc(CC(=O)[C@@H]4CCCN4)ccc3n2)cc1)C1CCCC1.O=C(O)Cc1ccccc1. The number of carbonyl (C=O) groups is 3. The lowest BCUT2D eigenvalue weighted by Crippen LogP contribution is -2.32. The van der Waals surface area contributed by atoms with E-state index in [0.29, 0.717) is 17.8 Å². The Balaban J connectivity index is 0.000000300. The summed E-state index contributed by atoms with van der Waals surface area (Å²) in [6, 6.07) is 20.5. The first-order valence-electron chi connectivity index (χ1n) is 14.5. The van der Waals surface area contributed by atoms with Crippen LogP contribution in [0, 0.1) is 5.92 Å². The predicted octanol–water partition coefficient (Wildman–Crippen LogP) is 5.00. The lowest BCUT2D eigenvalue weighted by molar-refractivity contribution is -0.136. The van der Waals surface area contributed by atoms with Gasteiger partial charge in [0.15, 0.2) is 11.6 Å². The van der Waals surface area contributed by atoms with E-state index in [1.54, 1.807) is 18.3 Å². The largest absolute Gasteiger partial charge is 0.481 e. The first-order valence-corrected chi connectivity index (χ1v) is 14.5. The van der Waals surface area contributed by atoms with Gasteiger partial charge in [0.1, 0.15) is 5.52 Å². The summed E-state index contributed by atoms with van der Waals surface area (Å²) < 4.78 is 0. The van der Waals surface area contributed by atoms with Crippen molar-refractivity contribution in [2.45, 2.75) is 57.4 Å². The number of carboxylic acid groups (broad SMARTS) is 1. The van der Waals surface area contributed by atoms with Gasteiger partial charge in [-0.3, -0.25) is 14.4 Å². The molecule has 1 aliphatic heterocycles. The Bertz CT molecular complexity index is 1530. The molecule has 3 heterocycles. The second kappa shape index (κ2) is 13.9. The third-order valence-corrected chi connectivity index (χ3v) is 7.63. The van der Waals surface area contributed by atoms with E-state index >= 15 is 0 Å². The summed E-state index contributed by atoms with van der Waals surface area (Å²) in [5.74, 6) is 0.257. The number of aliphatic carboxylic acids is 1. The molecular weight excluding hydrogens is 530 g/mol. The number of amides is 1. The van der Waals surface area contributed by atoms with Crippen LogP contribution in [0.15, 0.2) is 72.9 Å². The zero-order valence-corrected chi connectivity index (χ0v) is 23.5. The van der Waals surface area contributed by atoms with Crippen molar-refractivity contribution in [3.05, 3.63) is 84.2 Å². The molecule has 0 bridgehead atoms. The molecule has 2 fully saturated rings. The molecule has 9 heteroatoms. The lowest BCUT2D eigenvalue weighted by atomic mass is 10.1. The zero-order chi connectivity index (χ0) is 29.3. The zero-order valence-electron chi connectivity index (χ0n) is 23.5. The summed E-state index contributed by atoms with van der Waals surface area (Å²) in [5, 5.41) is 14.6. The molecule has 0 unspecified atom stereocenters. The molecule has 0 radical (unpaired) electrons. The highest BCUT2D eigenvalue weighted by Gasteiger charge is 2.23. The number of hydrogen-bond acceptors (Lipinski definition) is 7. The second-order valence-electron chi connectivity index (χ2n) is 10.8. The molecule has 1 saturated carbocycles. The monoisotopic (exact) mass is 565 g/mol. The number of nitrogens with one attached hydrogen (secondary N) is 2.